The van der Waals surface area contributed by atoms with Crippen LogP contribution in [0.25, 0.3) is 0 Å². The fourth-order valence-corrected chi connectivity index (χ4v) is 3.17. The number of ether oxygens (including phenoxy) is 2. The van der Waals surface area contributed by atoms with Crippen molar-refractivity contribution in [3.8, 4) is 17.6 Å². The van der Waals surface area contributed by atoms with Crippen LogP contribution in [0.1, 0.15) is 39.9 Å². The Balaban J connectivity index is 2.29. The summed E-state index contributed by atoms with van der Waals surface area (Å²) in [5.41, 5.74) is 7.76. The summed E-state index contributed by atoms with van der Waals surface area (Å²) in [6.07, 6.45) is 0. The average molecular weight is 350 g/mol. The summed E-state index contributed by atoms with van der Waals surface area (Å²) in [6, 6.07) is 12.8. The van der Waals surface area contributed by atoms with Gasteiger partial charge in [0, 0.05) is 0 Å². The van der Waals surface area contributed by atoms with E-state index in [2.05, 4.69) is 6.07 Å². The lowest BCUT2D eigenvalue weighted by atomic mass is 9.81. The molecule has 3 N–H and O–H groups in total. The molecule has 0 radical (unpaired) electrons. The molecule has 2 aromatic rings. The van der Waals surface area contributed by atoms with Crippen LogP contribution in [-0.2, 0) is 4.74 Å². The Morgan fingerprint density at radius 3 is 2.69 bits per heavy atom. The van der Waals surface area contributed by atoms with Crippen molar-refractivity contribution in [3.63, 3.8) is 0 Å². The molecule has 0 fully saturated rings. The highest BCUT2D eigenvalue weighted by atomic mass is 16.5. The summed E-state index contributed by atoms with van der Waals surface area (Å²) in [7, 11) is 0. The van der Waals surface area contributed by atoms with Gasteiger partial charge in [0.1, 0.15) is 28.7 Å². The molecule has 6 nitrogen and oxygen atoms in total. The quantitative estimate of drug-likeness (QED) is 0.824. The van der Waals surface area contributed by atoms with Crippen LogP contribution in [0.15, 0.2) is 47.9 Å². The maximum Gasteiger partial charge on any atom is 0.342 e. The number of benzene rings is 2. The van der Waals surface area contributed by atoms with E-state index in [4.69, 9.17) is 15.2 Å². The molecule has 0 spiro atoms. The van der Waals surface area contributed by atoms with Crippen LogP contribution in [0.3, 0.4) is 0 Å². The molecule has 26 heavy (non-hydrogen) atoms. The zero-order valence-electron chi connectivity index (χ0n) is 14.4. The normalized spacial score (nSPS) is 15.7. The lowest BCUT2D eigenvalue weighted by Crippen LogP contribution is -2.22. The molecule has 0 saturated heterocycles. The monoisotopic (exact) mass is 350 g/mol. The maximum absolute atomic E-state index is 12.3. The second-order valence-corrected chi connectivity index (χ2v) is 5.88. The number of aryl methyl sites for hydroxylation is 1. The fraction of sp³-hybridized carbons (Fsp3) is 0.200. The van der Waals surface area contributed by atoms with Crippen LogP contribution in [0.5, 0.6) is 11.5 Å². The van der Waals surface area contributed by atoms with E-state index >= 15 is 0 Å². The van der Waals surface area contributed by atoms with Gasteiger partial charge < -0.3 is 20.3 Å². The number of carbonyl (C=O) groups excluding carboxylic acids is 1. The highest BCUT2D eigenvalue weighted by molar-refractivity contribution is 5.95. The summed E-state index contributed by atoms with van der Waals surface area (Å²) in [4.78, 5) is 12.3. The predicted octanol–water partition coefficient (Wildman–Crippen LogP) is 3.10. The number of fused-ring (bicyclic) bond motifs is 1. The zero-order chi connectivity index (χ0) is 18.8. The van der Waals surface area contributed by atoms with Crippen LogP contribution < -0.4 is 10.5 Å². The summed E-state index contributed by atoms with van der Waals surface area (Å²) >= 11 is 0. The molecule has 132 valence electrons. The minimum Gasteiger partial charge on any atom is -0.507 e. The van der Waals surface area contributed by atoms with E-state index < -0.39 is 11.9 Å². The van der Waals surface area contributed by atoms with Gasteiger partial charge in [-0.05, 0) is 31.0 Å². The average Bonchev–Trinajstić information content (AvgIpc) is 2.61. The molecule has 1 aliphatic heterocycles. The number of phenolic OH excluding ortho intramolecular Hbond substituents is 1. The number of hydrogen-bond donors (Lipinski definition) is 2. The summed E-state index contributed by atoms with van der Waals surface area (Å²) < 4.78 is 10.6. The van der Waals surface area contributed by atoms with E-state index in [9.17, 15) is 15.2 Å². The lowest BCUT2D eigenvalue weighted by molar-refractivity contribution is 0.0522. The number of aromatic hydroxyl groups is 1. The second-order valence-electron chi connectivity index (χ2n) is 5.88. The van der Waals surface area contributed by atoms with Gasteiger partial charge in [-0.15, -0.1) is 0 Å². The van der Waals surface area contributed by atoms with Gasteiger partial charge in [-0.1, -0.05) is 30.3 Å². The van der Waals surface area contributed by atoms with Gasteiger partial charge in [-0.3, -0.25) is 0 Å². The van der Waals surface area contributed by atoms with Gasteiger partial charge in [-0.2, -0.15) is 5.26 Å². The molecule has 1 aliphatic rings. The third-order valence-corrected chi connectivity index (χ3v) is 4.29. The van der Waals surface area contributed by atoms with Crippen LogP contribution in [0.4, 0.5) is 0 Å². The molecule has 1 unspecified atom stereocenters. The van der Waals surface area contributed by atoms with Crippen molar-refractivity contribution >= 4 is 5.97 Å². The first-order valence-electron chi connectivity index (χ1n) is 8.15. The first kappa shape index (κ1) is 17.4. The number of esters is 1. The predicted molar refractivity (Wildman–Crippen MR) is 94.5 cm³/mol. The SMILES string of the molecule is CCOC(=O)c1c(C)cc2c(c1O)C(c1ccccc1)C(C#N)=C(N)O2. The van der Waals surface area contributed by atoms with Crippen molar-refractivity contribution in [3.05, 3.63) is 70.1 Å². The number of carbonyl (C=O) groups is 1. The molecular weight excluding hydrogens is 332 g/mol. The number of rotatable bonds is 3. The molecule has 0 saturated carbocycles. The van der Waals surface area contributed by atoms with Crippen LogP contribution in [0.2, 0.25) is 0 Å². The smallest absolute Gasteiger partial charge is 0.342 e. The van der Waals surface area contributed by atoms with E-state index in [1.54, 1.807) is 19.9 Å². The van der Waals surface area contributed by atoms with Crippen molar-refractivity contribution in [2.24, 2.45) is 5.73 Å². The van der Waals surface area contributed by atoms with Gasteiger partial charge >= 0.3 is 5.97 Å². The number of nitrogens with two attached hydrogens (primary N) is 1. The van der Waals surface area contributed by atoms with Crippen molar-refractivity contribution < 1.29 is 19.4 Å². The summed E-state index contributed by atoms with van der Waals surface area (Å²) in [5.74, 6) is -1.22. The first-order chi connectivity index (χ1) is 12.5. The molecule has 6 heteroatoms. The number of nitrogens with zero attached hydrogens (tertiary/aromatic N) is 1. The highest BCUT2D eigenvalue weighted by Gasteiger charge is 2.36. The van der Waals surface area contributed by atoms with E-state index in [0.29, 0.717) is 16.9 Å². The molecule has 0 aromatic heterocycles. The van der Waals surface area contributed by atoms with Gasteiger partial charge in [0.15, 0.2) is 0 Å². The summed E-state index contributed by atoms with van der Waals surface area (Å²) in [5, 5.41) is 20.5. The van der Waals surface area contributed by atoms with E-state index in [1.807, 2.05) is 30.3 Å². The molecule has 0 bridgehead atoms. The second kappa shape index (κ2) is 6.81. The van der Waals surface area contributed by atoms with E-state index in [1.165, 1.54) is 0 Å². The van der Waals surface area contributed by atoms with Crippen molar-refractivity contribution in [1.29, 1.82) is 5.26 Å². The van der Waals surface area contributed by atoms with Crippen molar-refractivity contribution in [1.82, 2.24) is 0 Å². The van der Waals surface area contributed by atoms with Gasteiger partial charge in [0.2, 0.25) is 5.88 Å². The van der Waals surface area contributed by atoms with Gasteiger partial charge in [0.05, 0.1) is 18.1 Å². The van der Waals surface area contributed by atoms with E-state index in [0.717, 1.165) is 5.56 Å². The summed E-state index contributed by atoms with van der Waals surface area (Å²) in [6.45, 7) is 3.55. The molecule has 0 amide bonds. The third kappa shape index (κ3) is 2.74. The minimum absolute atomic E-state index is 0.0171. The Hall–Kier alpha value is -3.46. The zero-order valence-corrected chi connectivity index (χ0v) is 14.4. The molecule has 1 atom stereocenters. The number of nitriles is 1. The fourth-order valence-electron chi connectivity index (χ4n) is 3.17. The van der Waals surface area contributed by atoms with E-state index in [-0.39, 0.29) is 29.4 Å². The Kier molecular flexibility index (Phi) is 4.55. The van der Waals surface area contributed by atoms with Crippen LogP contribution in [0, 0.1) is 18.3 Å². The minimum atomic E-state index is -0.640. The topological polar surface area (TPSA) is 106 Å². The van der Waals surface area contributed by atoms with Crippen LogP contribution in [-0.4, -0.2) is 17.7 Å². The van der Waals surface area contributed by atoms with Gasteiger partial charge in [0.25, 0.3) is 0 Å². The Morgan fingerprint density at radius 2 is 2.08 bits per heavy atom. The standard InChI is InChI=1S/C20H18N2O4/c1-3-25-20(24)15-11(2)9-14-17(18(15)23)16(12-7-5-4-6-8-12)13(10-21)19(22)26-14/h4-9,16,23H,3,22H2,1-2H3. The molecule has 0 aliphatic carbocycles. The number of allylic oxidation sites excluding steroid dienone is 1. The van der Waals surface area contributed by atoms with Crippen molar-refractivity contribution in [2.45, 2.75) is 19.8 Å². The highest BCUT2D eigenvalue weighted by Crippen LogP contribution is 2.48. The number of hydrogen-bond acceptors (Lipinski definition) is 6. The Morgan fingerprint density at radius 1 is 1.38 bits per heavy atom. The Labute approximate surface area is 151 Å². The maximum atomic E-state index is 12.3. The first-order valence-corrected chi connectivity index (χ1v) is 8.15. The van der Waals surface area contributed by atoms with Crippen molar-refractivity contribution in [2.75, 3.05) is 6.61 Å². The largest absolute Gasteiger partial charge is 0.507 e. The number of phenols is 1. The molecule has 1 heterocycles. The molecule has 3 rings (SSSR count). The van der Waals surface area contributed by atoms with Crippen LogP contribution >= 0.6 is 0 Å². The molecule has 2 aromatic carbocycles. The Bertz CT molecular complexity index is 943. The lowest BCUT2D eigenvalue weighted by Gasteiger charge is -2.28. The van der Waals surface area contributed by atoms with Gasteiger partial charge in [-0.25, -0.2) is 4.79 Å². The molecular formula is C20H18N2O4. The third-order valence-electron chi connectivity index (χ3n) is 4.29.